The number of carbonyl (C=O) groups is 1. The van der Waals surface area contributed by atoms with Crippen LogP contribution in [0.25, 0.3) is 0 Å². The van der Waals surface area contributed by atoms with Crippen molar-refractivity contribution in [2.24, 2.45) is 0 Å². The summed E-state index contributed by atoms with van der Waals surface area (Å²) < 4.78 is 0. The number of hydrogen-bond donors (Lipinski definition) is 1. The first-order chi connectivity index (χ1) is 7.40. The summed E-state index contributed by atoms with van der Waals surface area (Å²) in [5.41, 5.74) is 3.30. The van der Waals surface area contributed by atoms with Crippen molar-refractivity contribution >= 4 is 23.3 Å². The van der Waals surface area contributed by atoms with Crippen molar-refractivity contribution in [2.75, 3.05) is 18.5 Å². The van der Waals surface area contributed by atoms with E-state index in [0.717, 1.165) is 16.8 Å². The number of carboxylic acids is 1. The van der Waals surface area contributed by atoms with Gasteiger partial charge < -0.3 is 10.0 Å². The lowest BCUT2D eigenvalue weighted by Gasteiger charge is -2.21. The van der Waals surface area contributed by atoms with Crippen molar-refractivity contribution in [3.63, 3.8) is 0 Å². The second kappa shape index (κ2) is 5.21. The van der Waals surface area contributed by atoms with E-state index in [2.05, 4.69) is 6.07 Å². The Balaban J connectivity index is 2.80. The number of anilines is 1. The number of carboxylic acid groups (broad SMARTS) is 1. The molecule has 1 N–H and O–H groups in total. The maximum atomic E-state index is 10.6. The van der Waals surface area contributed by atoms with Crippen LogP contribution in [0.2, 0.25) is 0 Å². The standard InChI is InChI=1S/C12H16ClNO2/c1-8-4-9(2)6-10(5-8)14(3)7-11(13)12(15)16/h4-6,11H,7H2,1-3H3,(H,15,16). The third-order valence-electron chi connectivity index (χ3n) is 2.35. The quantitative estimate of drug-likeness (QED) is 0.824. The van der Waals surface area contributed by atoms with E-state index >= 15 is 0 Å². The summed E-state index contributed by atoms with van der Waals surface area (Å²) in [5.74, 6) is -0.988. The van der Waals surface area contributed by atoms with Crippen LogP contribution in [0.3, 0.4) is 0 Å². The highest BCUT2D eigenvalue weighted by atomic mass is 35.5. The Morgan fingerprint density at radius 2 is 1.88 bits per heavy atom. The zero-order valence-electron chi connectivity index (χ0n) is 9.70. The van der Waals surface area contributed by atoms with Crippen LogP contribution >= 0.6 is 11.6 Å². The van der Waals surface area contributed by atoms with E-state index in [1.54, 1.807) is 0 Å². The van der Waals surface area contributed by atoms with E-state index in [1.165, 1.54) is 0 Å². The number of aryl methyl sites for hydroxylation is 2. The molecule has 4 heteroatoms. The van der Waals surface area contributed by atoms with Crippen LogP contribution in [0.15, 0.2) is 18.2 Å². The second-order valence-corrected chi connectivity index (χ2v) is 4.56. The van der Waals surface area contributed by atoms with E-state index in [0.29, 0.717) is 6.54 Å². The van der Waals surface area contributed by atoms with Crippen LogP contribution in [-0.2, 0) is 4.79 Å². The summed E-state index contributed by atoms with van der Waals surface area (Å²) >= 11 is 5.70. The van der Waals surface area contributed by atoms with Gasteiger partial charge in [0.1, 0.15) is 5.38 Å². The third-order valence-corrected chi connectivity index (χ3v) is 2.67. The number of halogens is 1. The molecule has 0 saturated heterocycles. The van der Waals surface area contributed by atoms with E-state index in [9.17, 15) is 4.79 Å². The molecule has 0 fully saturated rings. The highest BCUT2D eigenvalue weighted by molar-refractivity contribution is 6.30. The summed E-state index contributed by atoms with van der Waals surface area (Å²) in [7, 11) is 1.84. The van der Waals surface area contributed by atoms with Crippen molar-refractivity contribution in [1.82, 2.24) is 0 Å². The van der Waals surface area contributed by atoms with Crippen LogP contribution < -0.4 is 4.90 Å². The van der Waals surface area contributed by atoms with Crippen LogP contribution in [0.1, 0.15) is 11.1 Å². The van der Waals surface area contributed by atoms with E-state index < -0.39 is 11.3 Å². The SMILES string of the molecule is Cc1cc(C)cc(N(C)CC(Cl)C(=O)O)c1. The molecule has 1 atom stereocenters. The number of benzene rings is 1. The average molecular weight is 242 g/mol. The minimum Gasteiger partial charge on any atom is -0.480 e. The maximum absolute atomic E-state index is 10.6. The molecule has 1 rings (SSSR count). The number of alkyl halides is 1. The maximum Gasteiger partial charge on any atom is 0.323 e. The molecule has 0 aliphatic rings. The molecule has 16 heavy (non-hydrogen) atoms. The molecule has 0 heterocycles. The van der Waals surface area contributed by atoms with Gasteiger partial charge in [-0.3, -0.25) is 4.79 Å². The van der Waals surface area contributed by atoms with Gasteiger partial charge in [-0.25, -0.2) is 0 Å². The van der Waals surface area contributed by atoms with Crippen LogP contribution in [0.4, 0.5) is 5.69 Å². The van der Waals surface area contributed by atoms with Gasteiger partial charge in [0.2, 0.25) is 0 Å². The molecule has 0 radical (unpaired) electrons. The fraction of sp³-hybridized carbons (Fsp3) is 0.417. The van der Waals surface area contributed by atoms with Gasteiger partial charge in [0, 0.05) is 19.3 Å². The van der Waals surface area contributed by atoms with Gasteiger partial charge in [0.15, 0.2) is 0 Å². The number of rotatable bonds is 4. The molecule has 0 bridgehead atoms. The Labute approximate surface area is 101 Å². The number of nitrogens with zero attached hydrogens (tertiary/aromatic N) is 1. The number of hydrogen-bond acceptors (Lipinski definition) is 2. The number of aliphatic carboxylic acids is 1. The molecule has 0 aliphatic heterocycles. The summed E-state index contributed by atoms with van der Waals surface area (Å²) in [6.07, 6.45) is 0. The predicted molar refractivity (Wildman–Crippen MR) is 66.5 cm³/mol. The van der Waals surface area contributed by atoms with Crippen molar-refractivity contribution in [3.8, 4) is 0 Å². The zero-order valence-corrected chi connectivity index (χ0v) is 10.5. The molecular weight excluding hydrogens is 226 g/mol. The fourth-order valence-corrected chi connectivity index (χ4v) is 1.80. The van der Waals surface area contributed by atoms with Gasteiger partial charge in [-0.1, -0.05) is 6.07 Å². The smallest absolute Gasteiger partial charge is 0.323 e. The van der Waals surface area contributed by atoms with Crippen molar-refractivity contribution in [2.45, 2.75) is 19.2 Å². The lowest BCUT2D eigenvalue weighted by molar-refractivity contribution is -0.136. The molecular formula is C12H16ClNO2. The average Bonchev–Trinajstić information content (AvgIpc) is 2.15. The second-order valence-electron chi connectivity index (χ2n) is 4.03. The van der Waals surface area contributed by atoms with E-state index in [-0.39, 0.29) is 0 Å². The highest BCUT2D eigenvalue weighted by Crippen LogP contribution is 2.18. The van der Waals surface area contributed by atoms with Gasteiger partial charge in [0.25, 0.3) is 0 Å². The molecule has 0 saturated carbocycles. The minimum atomic E-state index is -0.988. The molecule has 1 unspecified atom stereocenters. The Hall–Kier alpha value is -1.22. The monoisotopic (exact) mass is 241 g/mol. The lowest BCUT2D eigenvalue weighted by atomic mass is 10.1. The molecule has 0 amide bonds. The first kappa shape index (κ1) is 12.8. The van der Waals surface area contributed by atoms with Gasteiger partial charge >= 0.3 is 5.97 Å². The van der Waals surface area contributed by atoms with Crippen molar-refractivity contribution < 1.29 is 9.90 Å². The molecule has 0 aromatic heterocycles. The van der Waals surface area contributed by atoms with Crippen LogP contribution in [-0.4, -0.2) is 30.0 Å². The first-order valence-corrected chi connectivity index (χ1v) is 5.50. The fourth-order valence-electron chi connectivity index (χ4n) is 1.59. The Bertz CT molecular complexity index is 372. The highest BCUT2D eigenvalue weighted by Gasteiger charge is 2.16. The summed E-state index contributed by atoms with van der Waals surface area (Å²) in [5, 5.41) is 7.84. The normalized spacial score (nSPS) is 12.2. The first-order valence-electron chi connectivity index (χ1n) is 5.06. The summed E-state index contributed by atoms with van der Waals surface area (Å²) in [6, 6.07) is 6.10. The van der Waals surface area contributed by atoms with Gasteiger partial charge in [-0.15, -0.1) is 11.6 Å². The Morgan fingerprint density at radius 1 is 1.38 bits per heavy atom. The molecule has 1 aromatic carbocycles. The molecule has 3 nitrogen and oxygen atoms in total. The summed E-state index contributed by atoms with van der Waals surface area (Å²) in [4.78, 5) is 12.5. The van der Waals surface area contributed by atoms with Gasteiger partial charge in [-0.2, -0.15) is 0 Å². The lowest BCUT2D eigenvalue weighted by Crippen LogP contribution is -2.30. The van der Waals surface area contributed by atoms with Crippen molar-refractivity contribution in [1.29, 1.82) is 0 Å². The molecule has 88 valence electrons. The zero-order chi connectivity index (χ0) is 12.3. The van der Waals surface area contributed by atoms with E-state index in [4.69, 9.17) is 16.7 Å². The predicted octanol–water partition coefficient (Wildman–Crippen LogP) is 2.43. The Kier molecular flexibility index (Phi) is 4.19. The topological polar surface area (TPSA) is 40.5 Å². The van der Waals surface area contributed by atoms with Gasteiger partial charge in [-0.05, 0) is 37.1 Å². The molecule has 1 aromatic rings. The van der Waals surface area contributed by atoms with Crippen LogP contribution in [0.5, 0.6) is 0 Å². The largest absolute Gasteiger partial charge is 0.480 e. The Morgan fingerprint density at radius 3 is 2.31 bits per heavy atom. The summed E-state index contributed by atoms with van der Waals surface area (Å²) in [6.45, 7) is 4.32. The van der Waals surface area contributed by atoms with Crippen molar-refractivity contribution in [3.05, 3.63) is 29.3 Å². The van der Waals surface area contributed by atoms with Crippen LogP contribution in [0, 0.1) is 13.8 Å². The molecule has 0 aliphatic carbocycles. The van der Waals surface area contributed by atoms with E-state index in [1.807, 2.05) is 37.9 Å². The molecule has 0 spiro atoms. The third kappa shape index (κ3) is 3.42. The minimum absolute atomic E-state index is 0.291. The van der Waals surface area contributed by atoms with Gasteiger partial charge in [0.05, 0.1) is 0 Å².